The fourth-order valence-electron chi connectivity index (χ4n) is 1.23. The topological polar surface area (TPSA) is 9.23 Å². The van der Waals surface area contributed by atoms with E-state index in [2.05, 4.69) is 19.6 Å². The normalized spacial score (nSPS) is 12.5. The maximum Gasteiger partial charge on any atom is 0.165 e. The number of aryl methyl sites for hydroxylation is 1. The molecule has 1 rings (SSSR count). The van der Waals surface area contributed by atoms with Crippen LogP contribution in [-0.2, 0) is 0 Å². The molecular weight excluding hydrogens is 211 g/mol. The molecule has 0 aliphatic rings. The van der Waals surface area contributed by atoms with Gasteiger partial charge in [-0.2, -0.15) is 12.6 Å². The van der Waals surface area contributed by atoms with E-state index in [4.69, 9.17) is 4.74 Å². The van der Waals surface area contributed by atoms with E-state index in [1.807, 2.05) is 6.92 Å². The molecule has 1 aromatic carbocycles. The lowest BCUT2D eigenvalue weighted by atomic mass is 10.1. The van der Waals surface area contributed by atoms with E-state index >= 15 is 0 Å². The highest BCUT2D eigenvalue weighted by Crippen LogP contribution is 2.19. The molecule has 0 bridgehead atoms. The molecular formula is C12H17FOS. The van der Waals surface area contributed by atoms with Crippen molar-refractivity contribution < 1.29 is 9.13 Å². The van der Waals surface area contributed by atoms with Crippen molar-refractivity contribution in [2.45, 2.75) is 20.3 Å². The number of halogens is 1. The summed E-state index contributed by atoms with van der Waals surface area (Å²) in [6.45, 7) is 4.53. The highest BCUT2D eigenvalue weighted by Gasteiger charge is 2.08. The highest BCUT2D eigenvalue weighted by atomic mass is 32.1. The predicted octanol–water partition coefficient (Wildman–Crippen LogP) is 3.47. The van der Waals surface area contributed by atoms with Gasteiger partial charge in [0.25, 0.3) is 0 Å². The molecule has 0 spiro atoms. The lowest BCUT2D eigenvalue weighted by molar-refractivity contribution is 0.249. The van der Waals surface area contributed by atoms with E-state index in [9.17, 15) is 4.39 Å². The van der Waals surface area contributed by atoms with Gasteiger partial charge in [0, 0.05) is 5.92 Å². The monoisotopic (exact) mass is 228 g/mol. The smallest absolute Gasteiger partial charge is 0.165 e. The van der Waals surface area contributed by atoms with Gasteiger partial charge in [-0.15, -0.1) is 0 Å². The molecule has 1 nitrogen and oxygen atoms in total. The van der Waals surface area contributed by atoms with Crippen LogP contribution in [0.2, 0.25) is 0 Å². The summed E-state index contributed by atoms with van der Waals surface area (Å²) in [5.41, 5.74) is 1.00. The van der Waals surface area contributed by atoms with Crippen molar-refractivity contribution in [2.24, 2.45) is 5.92 Å². The molecule has 0 radical (unpaired) electrons. The number of hydrogen-bond acceptors (Lipinski definition) is 2. The average molecular weight is 228 g/mol. The zero-order valence-electron chi connectivity index (χ0n) is 9.16. The summed E-state index contributed by atoms with van der Waals surface area (Å²) in [5, 5.41) is 0. The summed E-state index contributed by atoms with van der Waals surface area (Å²) < 4.78 is 18.7. The fraction of sp³-hybridized carbons (Fsp3) is 0.500. The second-order valence-corrected chi connectivity index (χ2v) is 4.07. The van der Waals surface area contributed by atoms with Gasteiger partial charge in [-0.1, -0.05) is 13.0 Å². The molecule has 0 amide bonds. The first-order valence-electron chi connectivity index (χ1n) is 5.17. The second kappa shape index (κ2) is 6.01. The summed E-state index contributed by atoms with van der Waals surface area (Å²) in [7, 11) is 0. The molecule has 0 aliphatic carbocycles. The number of thiol groups is 1. The van der Waals surface area contributed by atoms with Crippen LogP contribution < -0.4 is 4.74 Å². The summed E-state index contributed by atoms with van der Waals surface area (Å²) in [4.78, 5) is 0. The van der Waals surface area contributed by atoms with Gasteiger partial charge in [0.05, 0.1) is 6.61 Å². The summed E-state index contributed by atoms with van der Waals surface area (Å²) >= 11 is 4.21. The van der Waals surface area contributed by atoms with Crippen molar-refractivity contribution in [1.82, 2.24) is 0 Å². The van der Waals surface area contributed by atoms with E-state index in [-0.39, 0.29) is 5.82 Å². The van der Waals surface area contributed by atoms with E-state index in [1.165, 1.54) is 6.07 Å². The summed E-state index contributed by atoms with van der Waals surface area (Å²) in [6.07, 6.45) is 0.997. The SMILES string of the molecule is CCC(CS)COc1cc(C)ccc1F. The van der Waals surface area contributed by atoms with E-state index in [0.29, 0.717) is 18.3 Å². The Morgan fingerprint density at radius 3 is 2.80 bits per heavy atom. The molecule has 0 heterocycles. The standard InChI is InChI=1S/C12H17FOS/c1-3-10(8-15)7-14-12-6-9(2)4-5-11(12)13/h4-6,10,15H,3,7-8H2,1-2H3. The van der Waals surface area contributed by atoms with Gasteiger partial charge in [0.15, 0.2) is 11.6 Å². The van der Waals surface area contributed by atoms with Gasteiger partial charge in [-0.25, -0.2) is 4.39 Å². The Morgan fingerprint density at radius 2 is 2.20 bits per heavy atom. The van der Waals surface area contributed by atoms with Crippen LogP contribution in [-0.4, -0.2) is 12.4 Å². The van der Waals surface area contributed by atoms with Gasteiger partial charge in [-0.05, 0) is 36.8 Å². The van der Waals surface area contributed by atoms with Crippen LogP contribution in [0.25, 0.3) is 0 Å². The first-order valence-corrected chi connectivity index (χ1v) is 5.80. The third-order valence-electron chi connectivity index (χ3n) is 2.40. The maximum atomic E-state index is 13.3. The second-order valence-electron chi connectivity index (χ2n) is 3.70. The summed E-state index contributed by atoms with van der Waals surface area (Å²) in [6, 6.07) is 4.89. The molecule has 0 aliphatic heterocycles. The van der Waals surface area contributed by atoms with Crippen molar-refractivity contribution in [2.75, 3.05) is 12.4 Å². The van der Waals surface area contributed by atoms with Crippen molar-refractivity contribution >= 4 is 12.6 Å². The largest absolute Gasteiger partial charge is 0.490 e. The molecule has 15 heavy (non-hydrogen) atoms. The first kappa shape index (κ1) is 12.4. The van der Waals surface area contributed by atoms with Crippen molar-refractivity contribution in [1.29, 1.82) is 0 Å². The average Bonchev–Trinajstić information content (AvgIpc) is 2.24. The minimum absolute atomic E-state index is 0.297. The molecule has 84 valence electrons. The number of ether oxygens (including phenoxy) is 1. The predicted molar refractivity (Wildman–Crippen MR) is 64.3 cm³/mol. The molecule has 1 atom stereocenters. The molecule has 0 N–H and O–H groups in total. The third kappa shape index (κ3) is 3.74. The van der Waals surface area contributed by atoms with E-state index < -0.39 is 0 Å². The van der Waals surface area contributed by atoms with E-state index in [0.717, 1.165) is 17.7 Å². The van der Waals surface area contributed by atoms with Gasteiger partial charge in [0.1, 0.15) is 0 Å². The van der Waals surface area contributed by atoms with Crippen LogP contribution in [0.3, 0.4) is 0 Å². The van der Waals surface area contributed by atoms with Gasteiger partial charge < -0.3 is 4.74 Å². The lowest BCUT2D eigenvalue weighted by Crippen LogP contribution is -2.13. The molecule has 1 unspecified atom stereocenters. The number of benzene rings is 1. The molecule has 0 fully saturated rings. The Kier molecular flexibility index (Phi) is 4.95. The Bertz CT molecular complexity index is 310. The van der Waals surface area contributed by atoms with Crippen molar-refractivity contribution in [3.8, 4) is 5.75 Å². The zero-order chi connectivity index (χ0) is 11.3. The molecule has 0 saturated carbocycles. The molecule has 0 saturated heterocycles. The van der Waals surface area contributed by atoms with Crippen LogP contribution in [0.4, 0.5) is 4.39 Å². The summed E-state index contributed by atoms with van der Waals surface area (Å²) in [5.74, 6) is 1.20. The Morgan fingerprint density at radius 1 is 1.47 bits per heavy atom. The van der Waals surface area contributed by atoms with Crippen LogP contribution >= 0.6 is 12.6 Å². The Balaban J connectivity index is 2.60. The highest BCUT2D eigenvalue weighted by molar-refractivity contribution is 7.80. The third-order valence-corrected chi connectivity index (χ3v) is 2.91. The van der Waals surface area contributed by atoms with Crippen molar-refractivity contribution in [3.05, 3.63) is 29.6 Å². The van der Waals surface area contributed by atoms with Crippen LogP contribution in [0.1, 0.15) is 18.9 Å². The van der Waals surface area contributed by atoms with Gasteiger partial charge in [0.2, 0.25) is 0 Å². The van der Waals surface area contributed by atoms with Gasteiger partial charge >= 0.3 is 0 Å². The number of hydrogen-bond donors (Lipinski definition) is 1. The lowest BCUT2D eigenvalue weighted by Gasteiger charge is -2.14. The van der Waals surface area contributed by atoms with Crippen LogP contribution in [0, 0.1) is 18.7 Å². The molecule has 0 aromatic heterocycles. The minimum atomic E-state index is -0.297. The maximum absolute atomic E-state index is 13.3. The van der Waals surface area contributed by atoms with Crippen LogP contribution in [0.5, 0.6) is 5.75 Å². The van der Waals surface area contributed by atoms with Crippen molar-refractivity contribution in [3.63, 3.8) is 0 Å². The number of rotatable bonds is 5. The van der Waals surface area contributed by atoms with E-state index in [1.54, 1.807) is 12.1 Å². The first-order chi connectivity index (χ1) is 7.17. The quantitative estimate of drug-likeness (QED) is 0.759. The molecule has 1 aromatic rings. The van der Waals surface area contributed by atoms with Gasteiger partial charge in [-0.3, -0.25) is 0 Å². The Hall–Kier alpha value is -0.700. The van der Waals surface area contributed by atoms with Crippen LogP contribution in [0.15, 0.2) is 18.2 Å². The molecule has 3 heteroatoms. The minimum Gasteiger partial charge on any atom is -0.490 e. The zero-order valence-corrected chi connectivity index (χ0v) is 10.1. The fourth-order valence-corrected chi connectivity index (χ4v) is 1.59. The Labute approximate surface area is 96.1 Å².